The molecular formula is C23H18ClN3O2S. The van der Waals surface area contributed by atoms with E-state index in [-0.39, 0.29) is 10.7 Å². The van der Waals surface area contributed by atoms with Gasteiger partial charge in [-0.1, -0.05) is 41.9 Å². The summed E-state index contributed by atoms with van der Waals surface area (Å²) in [4.78, 5) is 29.2. The molecule has 0 radical (unpaired) electrons. The molecule has 150 valence electrons. The summed E-state index contributed by atoms with van der Waals surface area (Å²) < 4.78 is 0. The molecule has 1 aliphatic heterocycles. The second-order valence-electron chi connectivity index (χ2n) is 7.05. The van der Waals surface area contributed by atoms with Crippen molar-refractivity contribution in [1.29, 1.82) is 0 Å². The van der Waals surface area contributed by atoms with Crippen LogP contribution in [0.4, 0.5) is 11.4 Å². The van der Waals surface area contributed by atoms with Crippen LogP contribution in [0.15, 0.2) is 66.2 Å². The van der Waals surface area contributed by atoms with Crippen molar-refractivity contribution in [3.63, 3.8) is 0 Å². The Morgan fingerprint density at radius 1 is 0.967 bits per heavy atom. The van der Waals surface area contributed by atoms with Gasteiger partial charge < -0.3 is 4.90 Å². The fraction of sp³-hybridized carbons (Fsp3) is 0.0870. The number of carbonyl (C=O) groups is 2. The molecule has 1 fully saturated rings. The van der Waals surface area contributed by atoms with Crippen molar-refractivity contribution < 1.29 is 9.59 Å². The third kappa shape index (κ3) is 3.56. The molecule has 1 heterocycles. The first-order chi connectivity index (χ1) is 14.4. The molecule has 1 aliphatic rings. The lowest BCUT2D eigenvalue weighted by atomic mass is 9.99. The average Bonchev–Trinajstić information content (AvgIpc) is 2.72. The standard InChI is InChI=1S/C23H18ClN3O2S/c1-26(2)20-12-7-14(17-5-3-4-6-18(17)20)13-19-21(28)25-23(30)27(22(19)29)16-10-8-15(24)9-11-16/h3-13H,1-2H3,(H,25,28,30). The number of hydrogen-bond donors (Lipinski definition) is 1. The van der Waals surface area contributed by atoms with Crippen LogP contribution in [0.5, 0.6) is 0 Å². The summed E-state index contributed by atoms with van der Waals surface area (Å²) >= 11 is 11.2. The number of carbonyl (C=O) groups excluding carboxylic acids is 2. The summed E-state index contributed by atoms with van der Waals surface area (Å²) in [6, 6.07) is 18.5. The maximum atomic E-state index is 13.2. The Bertz CT molecular complexity index is 1220. The van der Waals surface area contributed by atoms with Gasteiger partial charge >= 0.3 is 0 Å². The molecule has 0 aromatic heterocycles. The van der Waals surface area contributed by atoms with Gasteiger partial charge in [0.25, 0.3) is 11.8 Å². The van der Waals surface area contributed by atoms with E-state index >= 15 is 0 Å². The number of benzene rings is 3. The van der Waals surface area contributed by atoms with E-state index in [9.17, 15) is 9.59 Å². The largest absolute Gasteiger partial charge is 0.377 e. The minimum atomic E-state index is -0.518. The Morgan fingerprint density at radius 2 is 1.63 bits per heavy atom. The number of thiocarbonyl (C=S) groups is 1. The van der Waals surface area contributed by atoms with Crippen LogP contribution >= 0.6 is 23.8 Å². The van der Waals surface area contributed by atoms with Crippen LogP contribution < -0.4 is 15.1 Å². The quantitative estimate of drug-likeness (QED) is 0.376. The van der Waals surface area contributed by atoms with Gasteiger partial charge in [0.2, 0.25) is 0 Å². The van der Waals surface area contributed by atoms with Crippen molar-refractivity contribution in [2.24, 2.45) is 0 Å². The molecule has 0 aliphatic carbocycles. The minimum Gasteiger partial charge on any atom is -0.377 e. The summed E-state index contributed by atoms with van der Waals surface area (Å²) in [5, 5.41) is 5.17. The molecule has 0 saturated carbocycles. The highest BCUT2D eigenvalue weighted by molar-refractivity contribution is 7.80. The van der Waals surface area contributed by atoms with Crippen molar-refractivity contribution in [1.82, 2.24) is 5.32 Å². The third-order valence-electron chi connectivity index (χ3n) is 4.90. The van der Waals surface area contributed by atoms with Crippen LogP contribution in [0.25, 0.3) is 16.8 Å². The van der Waals surface area contributed by atoms with E-state index in [1.807, 2.05) is 55.4 Å². The van der Waals surface area contributed by atoms with E-state index in [1.54, 1.807) is 30.3 Å². The molecule has 7 heteroatoms. The topological polar surface area (TPSA) is 52.7 Å². The molecule has 1 N–H and O–H groups in total. The molecule has 4 rings (SSSR count). The Hall–Kier alpha value is -3.22. The number of fused-ring (bicyclic) bond motifs is 1. The smallest absolute Gasteiger partial charge is 0.270 e. The molecule has 1 saturated heterocycles. The zero-order chi connectivity index (χ0) is 21.4. The Morgan fingerprint density at radius 3 is 2.30 bits per heavy atom. The van der Waals surface area contributed by atoms with Crippen LogP contribution in [0, 0.1) is 0 Å². The fourth-order valence-corrected chi connectivity index (χ4v) is 3.87. The molecule has 0 spiro atoms. The number of nitrogens with zero attached hydrogens (tertiary/aromatic N) is 2. The van der Waals surface area contributed by atoms with E-state index in [0.29, 0.717) is 10.7 Å². The second kappa shape index (κ2) is 7.89. The van der Waals surface area contributed by atoms with Crippen LogP contribution in [0.2, 0.25) is 5.02 Å². The number of nitrogens with one attached hydrogen (secondary N) is 1. The zero-order valence-corrected chi connectivity index (χ0v) is 17.9. The first-order valence-electron chi connectivity index (χ1n) is 9.23. The first-order valence-corrected chi connectivity index (χ1v) is 10.0. The highest BCUT2D eigenvalue weighted by Crippen LogP contribution is 2.31. The average molecular weight is 436 g/mol. The number of hydrogen-bond acceptors (Lipinski definition) is 4. The van der Waals surface area contributed by atoms with Gasteiger partial charge in [-0.3, -0.25) is 19.8 Å². The summed E-state index contributed by atoms with van der Waals surface area (Å²) in [7, 11) is 3.95. The van der Waals surface area contributed by atoms with E-state index in [1.165, 1.54) is 4.90 Å². The van der Waals surface area contributed by atoms with E-state index in [4.69, 9.17) is 23.8 Å². The van der Waals surface area contributed by atoms with Crippen molar-refractivity contribution in [3.05, 3.63) is 76.8 Å². The predicted molar refractivity (Wildman–Crippen MR) is 126 cm³/mol. The summed E-state index contributed by atoms with van der Waals surface area (Å²) in [6.45, 7) is 0. The molecule has 0 atom stereocenters. The molecule has 0 bridgehead atoms. The van der Waals surface area contributed by atoms with Gasteiger partial charge in [0, 0.05) is 30.2 Å². The molecule has 0 unspecified atom stereocenters. The first kappa shape index (κ1) is 20.1. The maximum Gasteiger partial charge on any atom is 0.270 e. The molecule has 3 aromatic rings. The highest BCUT2D eigenvalue weighted by atomic mass is 35.5. The zero-order valence-electron chi connectivity index (χ0n) is 16.3. The van der Waals surface area contributed by atoms with Gasteiger partial charge in [-0.25, -0.2) is 0 Å². The maximum absolute atomic E-state index is 13.2. The van der Waals surface area contributed by atoms with Crippen molar-refractivity contribution in [2.75, 3.05) is 23.9 Å². The molecule has 30 heavy (non-hydrogen) atoms. The summed E-state index contributed by atoms with van der Waals surface area (Å²) in [5.41, 5.74) is 2.38. The van der Waals surface area contributed by atoms with Gasteiger partial charge in [0.15, 0.2) is 5.11 Å². The number of halogens is 1. The molecular weight excluding hydrogens is 418 g/mol. The van der Waals surface area contributed by atoms with Crippen molar-refractivity contribution in [2.45, 2.75) is 0 Å². The monoisotopic (exact) mass is 435 g/mol. The predicted octanol–water partition coefficient (Wildman–Crippen LogP) is 4.39. The highest BCUT2D eigenvalue weighted by Gasteiger charge is 2.34. The van der Waals surface area contributed by atoms with Crippen LogP contribution in [0.3, 0.4) is 0 Å². The molecule has 5 nitrogen and oxygen atoms in total. The second-order valence-corrected chi connectivity index (χ2v) is 7.87. The van der Waals surface area contributed by atoms with Crippen molar-refractivity contribution in [3.8, 4) is 0 Å². The van der Waals surface area contributed by atoms with Crippen molar-refractivity contribution >= 4 is 69.0 Å². The third-order valence-corrected chi connectivity index (χ3v) is 5.44. The van der Waals surface area contributed by atoms with E-state index < -0.39 is 11.8 Å². The number of rotatable bonds is 3. The lowest BCUT2D eigenvalue weighted by Crippen LogP contribution is -2.54. The van der Waals surface area contributed by atoms with Gasteiger partial charge in [-0.05, 0) is 59.6 Å². The Labute approximate surface area is 184 Å². The summed E-state index contributed by atoms with van der Waals surface area (Å²) in [6.07, 6.45) is 1.62. The van der Waals surface area contributed by atoms with Gasteiger partial charge in [0.05, 0.1) is 5.69 Å². The van der Waals surface area contributed by atoms with Crippen LogP contribution in [-0.4, -0.2) is 31.0 Å². The lowest BCUT2D eigenvalue weighted by Gasteiger charge is -2.29. The van der Waals surface area contributed by atoms with Gasteiger partial charge in [0.1, 0.15) is 5.57 Å². The fourth-order valence-electron chi connectivity index (χ4n) is 3.46. The minimum absolute atomic E-state index is 0.0151. The summed E-state index contributed by atoms with van der Waals surface area (Å²) in [5.74, 6) is -0.997. The molecule has 2 amide bonds. The van der Waals surface area contributed by atoms with Crippen LogP contribution in [0.1, 0.15) is 5.56 Å². The van der Waals surface area contributed by atoms with Crippen LogP contribution in [-0.2, 0) is 9.59 Å². The number of amides is 2. The van der Waals surface area contributed by atoms with E-state index in [2.05, 4.69) is 5.32 Å². The molecule has 3 aromatic carbocycles. The van der Waals surface area contributed by atoms with Gasteiger partial charge in [-0.15, -0.1) is 0 Å². The number of anilines is 2. The van der Waals surface area contributed by atoms with E-state index in [0.717, 1.165) is 22.0 Å². The van der Waals surface area contributed by atoms with Gasteiger partial charge in [-0.2, -0.15) is 0 Å². The Balaban J connectivity index is 1.82. The lowest BCUT2D eigenvalue weighted by molar-refractivity contribution is -0.122. The Kier molecular flexibility index (Phi) is 5.28. The SMILES string of the molecule is CN(C)c1ccc(C=C2C(=O)NC(=S)N(c3ccc(Cl)cc3)C2=O)c2ccccc12. The normalized spacial score (nSPS) is 15.6.